The molecule has 0 saturated carbocycles. The molecule has 11 heteroatoms. The van der Waals surface area contributed by atoms with E-state index < -0.39 is 17.7 Å². The largest absolute Gasteiger partial charge is 0.497 e. The Hall–Kier alpha value is -4.16. The number of carbonyl (C=O) groups is 1. The second-order valence-corrected chi connectivity index (χ2v) is 7.83. The molecule has 1 atom stereocenters. The van der Waals surface area contributed by atoms with Gasteiger partial charge in [0, 0.05) is 19.2 Å². The van der Waals surface area contributed by atoms with Gasteiger partial charge in [-0.05, 0) is 49.9 Å². The Morgan fingerprint density at radius 1 is 1.26 bits per heavy atom. The number of rotatable bonds is 12. The van der Waals surface area contributed by atoms with Crippen molar-refractivity contribution in [3.63, 3.8) is 0 Å². The molecular formula is C28H33FN4O6. The highest BCUT2D eigenvalue weighted by Gasteiger charge is 2.14. The lowest BCUT2D eigenvalue weighted by Gasteiger charge is -2.13. The molecule has 0 spiro atoms. The summed E-state index contributed by atoms with van der Waals surface area (Å²) in [7, 11) is 5.06. The monoisotopic (exact) mass is 540 g/mol. The second-order valence-electron chi connectivity index (χ2n) is 7.83. The number of aromatic amines is 1. The minimum absolute atomic E-state index is 0.0222. The van der Waals surface area contributed by atoms with Crippen LogP contribution in [0.2, 0.25) is 0 Å². The first-order valence-electron chi connectivity index (χ1n) is 11.9. The SMILES string of the molecule is CNCc1cccc(OC)c1.C\C=C/C(=C\C=C\COc1c(F)ccc2nc(C=O)[nH]c(=O)c12)C(OC)ON. The zero-order valence-electron chi connectivity index (χ0n) is 22.3. The number of carbonyl (C=O) groups excluding carboxylic acids is 1. The van der Waals surface area contributed by atoms with Gasteiger partial charge in [0.15, 0.2) is 23.7 Å². The fraction of sp³-hybridized carbons (Fsp3) is 0.250. The fourth-order valence-electron chi connectivity index (χ4n) is 3.42. The van der Waals surface area contributed by atoms with Crippen LogP contribution in [-0.4, -0.2) is 50.4 Å². The van der Waals surface area contributed by atoms with Crippen LogP contribution < -0.4 is 26.2 Å². The molecule has 0 radical (unpaired) electrons. The number of nitrogens with one attached hydrogen (secondary N) is 2. The van der Waals surface area contributed by atoms with Crippen LogP contribution in [0.5, 0.6) is 11.5 Å². The quantitative estimate of drug-likeness (QED) is 0.136. The third kappa shape index (κ3) is 9.27. The highest BCUT2D eigenvalue weighted by molar-refractivity contribution is 5.86. The minimum Gasteiger partial charge on any atom is -0.497 e. The van der Waals surface area contributed by atoms with E-state index in [-0.39, 0.29) is 29.1 Å². The van der Waals surface area contributed by atoms with Crippen LogP contribution in [-0.2, 0) is 16.1 Å². The molecule has 10 nitrogen and oxygen atoms in total. The van der Waals surface area contributed by atoms with E-state index in [1.807, 2.05) is 32.2 Å². The second kappa shape index (κ2) is 16.6. The summed E-state index contributed by atoms with van der Waals surface area (Å²) < 4.78 is 29.7. The van der Waals surface area contributed by atoms with Gasteiger partial charge in [-0.15, -0.1) is 0 Å². The number of aldehydes is 1. The molecule has 0 aliphatic carbocycles. The summed E-state index contributed by atoms with van der Waals surface area (Å²) in [5.74, 6) is 4.98. The zero-order valence-corrected chi connectivity index (χ0v) is 22.3. The van der Waals surface area contributed by atoms with Crippen molar-refractivity contribution in [2.75, 3.05) is 27.9 Å². The number of methoxy groups -OCH3 is 2. The van der Waals surface area contributed by atoms with Gasteiger partial charge in [0.1, 0.15) is 17.7 Å². The van der Waals surface area contributed by atoms with Crippen molar-refractivity contribution in [3.05, 3.63) is 99.9 Å². The third-order valence-corrected chi connectivity index (χ3v) is 5.14. The van der Waals surface area contributed by atoms with Gasteiger partial charge >= 0.3 is 0 Å². The standard InChI is InChI=1S/C19H20FN3O5.C9H13NO/c1-3-6-12(19(26-2)28-21)7-4-5-10-27-17-13(20)8-9-14-16(17)18(25)23-15(11-24)22-14;1-10-7-8-4-3-5-9(6-8)11-2/h3-9,11,19H,10,21H2,1-2H3,(H,22,23,25);3-6,10H,7H2,1-2H3/b5-4+,6-3-,12-7+;. The van der Waals surface area contributed by atoms with Crippen molar-refractivity contribution in [1.82, 2.24) is 15.3 Å². The number of aromatic nitrogens is 2. The van der Waals surface area contributed by atoms with Gasteiger partial charge in [0.2, 0.25) is 6.29 Å². The van der Waals surface area contributed by atoms with Crippen molar-refractivity contribution in [2.24, 2.45) is 5.90 Å². The lowest BCUT2D eigenvalue weighted by Crippen LogP contribution is -2.20. The van der Waals surface area contributed by atoms with E-state index >= 15 is 0 Å². The number of hydrogen-bond donors (Lipinski definition) is 3. The number of nitrogens with two attached hydrogens (primary N) is 1. The molecule has 1 aromatic heterocycles. The average molecular weight is 541 g/mol. The van der Waals surface area contributed by atoms with Crippen LogP contribution in [0.1, 0.15) is 23.1 Å². The molecule has 39 heavy (non-hydrogen) atoms. The van der Waals surface area contributed by atoms with Crippen molar-refractivity contribution in [1.29, 1.82) is 0 Å². The molecule has 3 rings (SSSR count). The molecule has 0 amide bonds. The van der Waals surface area contributed by atoms with Crippen molar-refractivity contribution >= 4 is 17.2 Å². The molecule has 0 fully saturated rings. The number of benzene rings is 2. The lowest BCUT2D eigenvalue weighted by molar-refractivity contribution is -0.0982. The topological polar surface area (TPSA) is 138 Å². The highest BCUT2D eigenvalue weighted by Crippen LogP contribution is 2.25. The third-order valence-electron chi connectivity index (χ3n) is 5.14. The Morgan fingerprint density at radius 3 is 2.69 bits per heavy atom. The highest BCUT2D eigenvalue weighted by atomic mass is 19.1. The molecule has 208 valence electrons. The van der Waals surface area contributed by atoms with Crippen molar-refractivity contribution in [3.8, 4) is 11.5 Å². The number of fused-ring (bicyclic) bond motifs is 1. The predicted molar refractivity (Wildman–Crippen MR) is 147 cm³/mol. The number of H-pyrrole nitrogens is 1. The molecular weight excluding hydrogens is 507 g/mol. The van der Waals surface area contributed by atoms with E-state index in [0.29, 0.717) is 11.9 Å². The van der Waals surface area contributed by atoms with E-state index in [0.717, 1.165) is 18.4 Å². The van der Waals surface area contributed by atoms with Crippen LogP contribution in [0.3, 0.4) is 0 Å². The van der Waals surface area contributed by atoms with Gasteiger partial charge < -0.3 is 24.5 Å². The van der Waals surface area contributed by atoms with Gasteiger partial charge in [-0.2, -0.15) is 0 Å². The summed E-state index contributed by atoms with van der Waals surface area (Å²) in [4.78, 5) is 33.9. The first-order chi connectivity index (χ1) is 18.9. The maximum Gasteiger partial charge on any atom is 0.263 e. The van der Waals surface area contributed by atoms with Crippen LogP contribution in [0.15, 0.2) is 77.1 Å². The summed E-state index contributed by atoms with van der Waals surface area (Å²) in [6.07, 6.45) is 8.15. The lowest BCUT2D eigenvalue weighted by atomic mass is 10.2. The van der Waals surface area contributed by atoms with E-state index in [2.05, 4.69) is 21.4 Å². The van der Waals surface area contributed by atoms with E-state index in [1.165, 1.54) is 18.7 Å². The summed E-state index contributed by atoms with van der Waals surface area (Å²) >= 11 is 0. The maximum atomic E-state index is 14.2. The first kappa shape index (κ1) is 31.1. The molecule has 3 aromatic rings. The minimum atomic E-state index is -0.742. The van der Waals surface area contributed by atoms with Crippen LogP contribution in [0.4, 0.5) is 4.39 Å². The molecule has 0 aliphatic heterocycles. The molecule has 1 unspecified atom stereocenters. The normalized spacial score (nSPS) is 12.4. The van der Waals surface area contributed by atoms with Crippen LogP contribution in [0.25, 0.3) is 10.9 Å². The smallest absolute Gasteiger partial charge is 0.263 e. The molecule has 4 N–H and O–H groups in total. The number of halogens is 1. The average Bonchev–Trinajstić information content (AvgIpc) is 2.95. The fourth-order valence-corrected chi connectivity index (χ4v) is 3.42. The molecule has 0 bridgehead atoms. The van der Waals surface area contributed by atoms with Crippen molar-refractivity contribution < 1.29 is 28.2 Å². The van der Waals surface area contributed by atoms with Gasteiger partial charge in [-0.3, -0.25) is 14.4 Å². The summed E-state index contributed by atoms with van der Waals surface area (Å²) in [5.41, 5.74) is 1.39. The first-order valence-corrected chi connectivity index (χ1v) is 11.9. The molecule has 2 aromatic carbocycles. The summed E-state index contributed by atoms with van der Waals surface area (Å²) in [6, 6.07) is 10.5. The van der Waals surface area contributed by atoms with Gasteiger partial charge in [0.05, 0.1) is 12.6 Å². The summed E-state index contributed by atoms with van der Waals surface area (Å²) in [6.45, 7) is 2.69. The Morgan fingerprint density at radius 2 is 2.05 bits per heavy atom. The Bertz CT molecular complexity index is 1370. The van der Waals surface area contributed by atoms with Gasteiger partial charge in [-0.25, -0.2) is 15.3 Å². The Kier molecular flexibility index (Phi) is 13.2. The Balaban J connectivity index is 0.000000404. The molecule has 1 heterocycles. The maximum absolute atomic E-state index is 14.2. The van der Waals surface area contributed by atoms with Gasteiger partial charge in [0.25, 0.3) is 5.56 Å². The number of ether oxygens (including phenoxy) is 3. The predicted octanol–water partition coefficient (Wildman–Crippen LogP) is 3.59. The molecule has 0 aliphatic rings. The van der Waals surface area contributed by atoms with E-state index in [1.54, 1.807) is 37.5 Å². The van der Waals surface area contributed by atoms with Crippen LogP contribution >= 0.6 is 0 Å². The van der Waals surface area contributed by atoms with Crippen LogP contribution in [0, 0.1) is 5.82 Å². The molecule has 0 saturated heterocycles. The van der Waals surface area contributed by atoms with Gasteiger partial charge in [-0.1, -0.05) is 36.4 Å². The number of allylic oxidation sites excluding steroid dienone is 3. The van der Waals surface area contributed by atoms with Crippen molar-refractivity contribution in [2.45, 2.75) is 19.8 Å². The summed E-state index contributed by atoms with van der Waals surface area (Å²) in [5, 5.41) is 3.01. The number of hydrogen-bond acceptors (Lipinski definition) is 9. The zero-order chi connectivity index (χ0) is 28.6. The van der Waals surface area contributed by atoms with E-state index in [9.17, 15) is 14.0 Å². The Labute approximate surface area is 225 Å². The number of nitrogens with zero attached hydrogens (tertiary/aromatic N) is 1. The van der Waals surface area contributed by atoms with E-state index in [4.69, 9.17) is 24.9 Å².